The van der Waals surface area contributed by atoms with E-state index in [1.165, 1.54) is 6.07 Å². The van der Waals surface area contributed by atoms with Crippen molar-refractivity contribution in [3.63, 3.8) is 0 Å². The zero-order valence-electron chi connectivity index (χ0n) is 20.0. The highest BCUT2D eigenvalue weighted by Crippen LogP contribution is 2.26. The van der Waals surface area contributed by atoms with E-state index in [9.17, 15) is 37.8 Å². The number of aliphatic hydroxyl groups excluding tert-OH is 1. The fourth-order valence-electron chi connectivity index (χ4n) is 3.16. The molecule has 2 aromatic rings. The van der Waals surface area contributed by atoms with Crippen LogP contribution in [-0.2, 0) is 20.7 Å². The van der Waals surface area contributed by atoms with Crippen LogP contribution in [0.5, 0.6) is 5.75 Å². The van der Waals surface area contributed by atoms with Gasteiger partial charge in [0.1, 0.15) is 11.4 Å². The molecule has 13 heteroatoms. The van der Waals surface area contributed by atoms with E-state index in [4.69, 9.17) is 16.3 Å². The minimum absolute atomic E-state index is 0.0718. The van der Waals surface area contributed by atoms with Crippen LogP contribution < -0.4 is 15.4 Å². The number of hydrogen-bond acceptors (Lipinski definition) is 6. The minimum Gasteiger partial charge on any atom is -0.479 e. The molecule has 9 nitrogen and oxygen atoms in total. The van der Waals surface area contributed by atoms with Crippen LogP contribution in [0.1, 0.15) is 37.9 Å². The first-order chi connectivity index (χ1) is 17.0. The molecule has 0 aliphatic heterocycles. The molecule has 0 heterocycles. The van der Waals surface area contributed by atoms with Crippen LogP contribution in [0.3, 0.4) is 0 Å². The van der Waals surface area contributed by atoms with Gasteiger partial charge in [-0.2, -0.15) is 0 Å². The molecule has 0 aliphatic rings. The molecule has 4 N–H and O–H groups in total. The fourth-order valence-corrected chi connectivity index (χ4v) is 3.29. The fraction of sp³-hybridized carbons (Fsp3) is 0.375. The SMILES string of the molecule is CC(C)(C)OC(=O)N[C@H](Cc1ccc(Cl)cc1)[C@H](O)C(=O)NC(C(=O)O)c1cccc(OC(F)(F)F)c1. The summed E-state index contributed by atoms with van der Waals surface area (Å²) in [6.45, 7) is 4.83. The van der Waals surface area contributed by atoms with Gasteiger partial charge in [-0.1, -0.05) is 35.9 Å². The van der Waals surface area contributed by atoms with Crippen LogP contribution in [0.15, 0.2) is 48.5 Å². The molecule has 0 saturated heterocycles. The molecule has 0 radical (unpaired) electrons. The molecule has 0 fully saturated rings. The van der Waals surface area contributed by atoms with E-state index in [0.717, 1.165) is 18.2 Å². The summed E-state index contributed by atoms with van der Waals surface area (Å²) < 4.78 is 46.6. The maximum atomic E-state index is 12.8. The third-order valence-electron chi connectivity index (χ3n) is 4.68. The molecule has 202 valence electrons. The second kappa shape index (κ2) is 12.2. The van der Waals surface area contributed by atoms with Crippen molar-refractivity contribution < 1.29 is 47.2 Å². The summed E-state index contributed by atoms with van der Waals surface area (Å²) in [7, 11) is 0. The Morgan fingerprint density at radius 2 is 1.65 bits per heavy atom. The Balaban J connectivity index is 2.26. The number of halogens is 4. The van der Waals surface area contributed by atoms with Crippen molar-refractivity contribution in [2.24, 2.45) is 0 Å². The van der Waals surface area contributed by atoms with E-state index in [1.807, 2.05) is 0 Å². The number of hydrogen-bond donors (Lipinski definition) is 4. The van der Waals surface area contributed by atoms with Crippen LogP contribution in [0.4, 0.5) is 18.0 Å². The van der Waals surface area contributed by atoms with E-state index < -0.39 is 53.9 Å². The molecular formula is C24H26ClF3N2O7. The third-order valence-corrected chi connectivity index (χ3v) is 4.93. The van der Waals surface area contributed by atoms with Gasteiger partial charge in [-0.3, -0.25) is 4.79 Å². The first kappa shape index (κ1) is 29.7. The van der Waals surface area contributed by atoms with Crippen LogP contribution in [0.25, 0.3) is 0 Å². The molecule has 0 aromatic heterocycles. The van der Waals surface area contributed by atoms with Gasteiger partial charge in [-0.25, -0.2) is 9.59 Å². The number of amides is 2. The summed E-state index contributed by atoms with van der Waals surface area (Å²) in [5, 5.41) is 25.3. The number of carboxylic acids is 1. The quantitative estimate of drug-likeness (QED) is 0.374. The predicted molar refractivity (Wildman–Crippen MR) is 126 cm³/mol. The zero-order chi connectivity index (χ0) is 28.0. The highest BCUT2D eigenvalue weighted by Gasteiger charge is 2.34. The van der Waals surface area contributed by atoms with E-state index in [2.05, 4.69) is 15.4 Å². The summed E-state index contributed by atoms with van der Waals surface area (Å²) >= 11 is 5.88. The lowest BCUT2D eigenvalue weighted by atomic mass is 9.99. The normalized spacial score (nSPS) is 14.2. The Hall–Kier alpha value is -3.51. The average molecular weight is 547 g/mol. The Labute approximate surface area is 215 Å². The molecule has 0 saturated carbocycles. The maximum absolute atomic E-state index is 12.8. The van der Waals surface area contributed by atoms with Gasteiger partial charge in [0.2, 0.25) is 0 Å². The van der Waals surface area contributed by atoms with Gasteiger partial charge in [0.25, 0.3) is 5.91 Å². The summed E-state index contributed by atoms with van der Waals surface area (Å²) in [6.07, 6.45) is -8.00. The number of carbonyl (C=O) groups is 3. The lowest BCUT2D eigenvalue weighted by Crippen LogP contribution is -2.53. The van der Waals surface area contributed by atoms with Crippen molar-refractivity contribution in [3.8, 4) is 5.75 Å². The number of ether oxygens (including phenoxy) is 2. The van der Waals surface area contributed by atoms with Crippen LogP contribution in [0.2, 0.25) is 5.02 Å². The number of carboxylic acid groups (broad SMARTS) is 1. The average Bonchev–Trinajstić information content (AvgIpc) is 2.75. The van der Waals surface area contributed by atoms with Gasteiger partial charge in [0.05, 0.1) is 6.04 Å². The standard InChI is InChI=1S/C24H26ClF3N2O7/c1-23(2,3)37-22(35)29-17(11-13-7-9-15(25)10-8-13)19(31)20(32)30-18(21(33)34)14-5-4-6-16(12-14)36-24(26,27)28/h4-10,12,17-19,31H,11H2,1-3H3,(H,29,35)(H,30,32)(H,33,34)/t17-,18?,19+/m1/s1. The van der Waals surface area contributed by atoms with Crippen molar-refractivity contribution in [2.45, 2.75) is 57.3 Å². The number of carbonyl (C=O) groups excluding carboxylic acids is 2. The van der Waals surface area contributed by atoms with Gasteiger partial charge in [0.15, 0.2) is 12.1 Å². The molecular weight excluding hydrogens is 521 g/mol. The molecule has 0 bridgehead atoms. The van der Waals surface area contributed by atoms with E-state index >= 15 is 0 Å². The highest BCUT2D eigenvalue weighted by atomic mass is 35.5. The number of alkyl carbamates (subject to hydrolysis) is 1. The van der Waals surface area contributed by atoms with E-state index in [0.29, 0.717) is 10.6 Å². The van der Waals surface area contributed by atoms with E-state index in [-0.39, 0.29) is 12.0 Å². The number of aliphatic hydroxyl groups is 1. The molecule has 0 spiro atoms. The number of alkyl halides is 3. The molecule has 2 amide bonds. The summed E-state index contributed by atoms with van der Waals surface area (Å²) in [5.41, 5.74) is -0.562. The Morgan fingerprint density at radius 3 is 2.19 bits per heavy atom. The third kappa shape index (κ3) is 10.2. The minimum atomic E-state index is -5.01. The molecule has 0 aliphatic carbocycles. The first-order valence-corrected chi connectivity index (χ1v) is 11.2. The molecule has 1 unspecified atom stereocenters. The summed E-state index contributed by atoms with van der Waals surface area (Å²) in [5.74, 6) is -3.51. The molecule has 2 aromatic carbocycles. The highest BCUT2D eigenvalue weighted by molar-refractivity contribution is 6.30. The van der Waals surface area contributed by atoms with Gasteiger partial charge in [-0.15, -0.1) is 13.2 Å². The van der Waals surface area contributed by atoms with Crippen LogP contribution in [-0.4, -0.2) is 52.3 Å². The summed E-state index contributed by atoms with van der Waals surface area (Å²) in [6, 6.07) is 7.24. The molecule has 2 rings (SSSR count). The van der Waals surface area contributed by atoms with Crippen molar-refractivity contribution in [3.05, 3.63) is 64.7 Å². The molecule has 37 heavy (non-hydrogen) atoms. The largest absolute Gasteiger partial charge is 0.573 e. The Morgan fingerprint density at radius 1 is 1.03 bits per heavy atom. The lowest BCUT2D eigenvalue weighted by molar-refractivity contribution is -0.274. The predicted octanol–water partition coefficient (Wildman–Crippen LogP) is 3.98. The van der Waals surface area contributed by atoms with Crippen molar-refractivity contribution in [1.29, 1.82) is 0 Å². The maximum Gasteiger partial charge on any atom is 0.573 e. The number of rotatable bonds is 9. The van der Waals surface area contributed by atoms with Crippen LogP contribution in [0, 0.1) is 0 Å². The van der Waals surface area contributed by atoms with Crippen molar-refractivity contribution >= 4 is 29.6 Å². The van der Waals surface area contributed by atoms with Gasteiger partial charge >= 0.3 is 18.4 Å². The number of benzene rings is 2. The monoisotopic (exact) mass is 546 g/mol. The summed E-state index contributed by atoms with van der Waals surface area (Å²) in [4.78, 5) is 37.0. The van der Waals surface area contributed by atoms with Gasteiger partial charge in [0, 0.05) is 5.02 Å². The van der Waals surface area contributed by atoms with Crippen LogP contribution >= 0.6 is 11.6 Å². The smallest absolute Gasteiger partial charge is 0.479 e. The second-order valence-electron chi connectivity index (χ2n) is 8.93. The van der Waals surface area contributed by atoms with Gasteiger partial charge < -0.3 is 30.3 Å². The second-order valence-corrected chi connectivity index (χ2v) is 9.36. The lowest BCUT2D eigenvalue weighted by Gasteiger charge is -2.27. The zero-order valence-corrected chi connectivity index (χ0v) is 20.8. The topological polar surface area (TPSA) is 134 Å². The first-order valence-electron chi connectivity index (χ1n) is 10.8. The van der Waals surface area contributed by atoms with E-state index in [1.54, 1.807) is 45.0 Å². The Bertz CT molecular complexity index is 1100. The molecule has 3 atom stereocenters. The number of nitrogens with one attached hydrogen (secondary N) is 2. The Kier molecular flexibility index (Phi) is 9.76. The number of aliphatic carboxylic acids is 1. The van der Waals surface area contributed by atoms with Crippen molar-refractivity contribution in [2.75, 3.05) is 0 Å². The van der Waals surface area contributed by atoms with Crippen molar-refractivity contribution in [1.82, 2.24) is 10.6 Å². The van der Waals surface area contributed by atoms with Gasteiger partial charge in [-0.05, 0) is 62.6 Å².